The molecule has 1 N–H and O–H groups in total. The SMILES string of the molecule is CCC1(CN2CC(C)NCC2C(C)C)CC1. The largest absolute Gasteiger partial charge is 0.311 e. The zero-order chi connectivity index (χ0) is 11.8. The quantitative estimate of drug-likeness (QED) is 0.789. The second-order valence-electron chi connectivity index (χ2n) is 6.40. The van der Waals surface area contributed by atoms with Crippen molar-refractivity contribution in [2.45, 2.75) is 59.0 Å². The Morgan fingerprint density at radius 1 is 1.38 bits per heavy atom. The fraction of sp³-hybridized carbons (Fsp3) is 1.00. The maximum Gasteiger partial charge on any atom is 0.0244 e. The summed E-state index contributed by atoms with van der Waals surface area (Å²) in [6.45, 7) is 13.2. The van der Waals surface area contributed by atoms with Gasteiger partial charge in [-0.15, -0.1) is 0 Å². The van der Waals surface area contributed by atoms with Gasteiger partial charge in [0, 0.05) is 31.7 Å². The van der Waals surface area contributed by atoms with Crippen LogP contribution in [0, 0.1) is 11.3 Å². The first kappa shape index (κ1) is 12.4. The van der Waals surface area contributed by atoms with Crippen LogP contribution in [0.1, 0.15) is 47.0 Å². The molecule has 1 aliphatic heterocycles. The van der Waals surface area contributed by atoms with Crippen molar-refractivity contribution < 1.29 is 0 Å². The topological polar surface area (TPSA) is 15.3 Å². The minimum absolute atomic E-state index is 0.669. The van der Waals surface area contributed by atoms with Crippen LogP contribution in [-0.2, 0) is 0 Å². The van der Waals surface area contributed by atoms with E-state index >= 15 is 0 Å². The maximum absolute atomic E-state index is 3.63. The van der Waals surface area contributed by atoms with Crippen LogP contribution in [0.15, 0.2) is 0 Å². The zero-order valence-electron chi connectivity index (χ0n) is 11.4. The van der Waals surface area contributed by atoms with Gasteiger partial charge in [-0.2, -0.15) is 0 Å². The summed E-state index contributed by atoms with van der Waals surface area (Å²) < 4.78 is 0. The van der Waals surface area contributed by atoms with Crippen LogP contribution in [-0.4, -0.2) is 36.6 Å². The van der Waals surface area contributed by atoms with Gasteiger partial charge >= 0.3 is 0 Å². The van der Waals surface area contributed by atoms with Gasteiger partial charge in [0.25, 0.3) is 0 Å². The Balaban J connectivity index is 1.97. The van der Waals surface area contributed by atoms with Gasteiger partial charge in [-0.25, -0.2) is 0 Å². The molecule has 0 radical (unpaired) electrons. The van der Waals surface area contributed by atoms with E-state index in [1.54, 1.807) is 0 Å². The third-order valence-electron chi connectivity index (χ3n) is 4.67. The summed E-state index contributed by atoms with van der Waals surface area (Å²) in [6, 6.07) is 1.42. The van der Waals surface area contributed by atoms with E-state index in [0.717, 1.165) is 12.0 Å². The fourth-order valence-corrected chi connectivity index (χ4v) is 3.07. The first-order valence-corrected chi connectivity index (χ1v) is 7.04. The lowest BCUT2D eigenvalue weighted by atomic mass is 9.95. The number of nitrogens with zero attached hydrogens (tertiary/aromatic N) is 1. The van der Waals surface area contributed by atoms with Crippen molar-refractivity contribution >= 4 is 0 Å². The van der Waals surface area contributed by atoms with Gasteiger partial charge in [0.2, 0.25) is 0 Å². The normalized spacial score (nSPS) is 34.3. The second kappa shape index (κ2) is 4.66. The molecule has 0 aromatic rings. The molecular formula is C14H28N2. The van der Waals surface area contributed by atoms with E-state index in [1.165, 1.54) is 38.9 Å². The summed E-state index contributed by atoms with van der Waals surface area (Å²) in [6.07, 6.45) is 4.30. The van der Waals surface area contributed by atoms with Gasteiger partial charge in [0.15, 0.2) is 0 Å². The third-order valence-corrected chi connectivity index (χ3v) is 4.67. The van der Waals surface area contributed by atoms with E-state index in [-0.39, 0.29) is 0 Å². The van der Waals surface area contributed by atoms with Crippen molar-refractivity contribution in [1.29, 1.82) is 0 Å². The molecule has 16 heavy (non-hydrogen) atoms. The minimum atomic E-state index is 0.669. The maximum atomic E-state index is 3.63. The zero-order valence-corrected chi connectivity index (χ0v) is 11.4. The Morgan fingerprint density at radius 3 is 2.56 bits per heavy atom. The highest BCUT2D eigenvalue weighted by Crippen LogP contribution is 2.49. The molecule has 0 aromatic heterocycles. The number of hydrogen-bond donors (Lipinski definition) is 1. The first-order valence-electron chi connectivity index (χ1n) is 7.04. The van der Waals surface area contributed by atoms with E-state index in [1.807, 2.05) is 0 Å². The lowest BCUT2D eigenvalue weighted by Crippen LogP contribution is -2.58. The second-order valence-corrected chi connectivity index (χ2v) is 6.40. The Bertz CT molecular complexity index is 233. The molecule has 2 aliphatic rings. The number of rotatable bonds is 4. The van der Waals surface area contributed by atoms with Crippen molar-refractivity contribution in [2.75, 3.05) is 19.6 Å². The highest BCUT2D eigenvalue weighted by Gasteiger charge is 2.44. The summed E-state index contributed by atoms with van der Waals surface area (Å²) in [7, 11) is 0. The smallest absolute Gasteiger partial charge is 0.0244 e. The van der Waals surface area contributed by atoms with E-state index in [0.29, 0.717) is 11.5 Å². The summed E-state index contributed by atoms with van der Waals surface area (Å²) in [5.74, 6) is 0.771. The highest BCUT2D eigenvalue weighted by molar-refractivity contribution is 4.97. The van der Waals surface area contributed by atoms with Crippen LogP contribution < -0.4 is 5.32 Å². The van der Waals surface area contributed by atoms with Crippen LogP contribution in [0.2, 0.25) is 0 Å². The van der Waals surface area contributed by atoms with Crippen molar-refractivity contribution in [1.82, 2.24) is 10.2 Å². The predicted octanol–water partition coefficient (Wildman–Crippen LogP) is 2.49. The van der Waals surface area contributed by atoms with E-state index < -0.39 is 0 Å². The van der Waals surface area contributed by atoms with Crippen LogP contribution in [0.25, 0.3) is 0 Å². The Kier molecular flexibility index (Phi) is 3.60. The molecule has 2 heteroatoms. The van der Waals surface area contributed by atoms with Gasteiger partial charge in [0.1, 0.15) is 0 Å². The molecule has 1 saturated heterocycles. The van der Waals surface area contributed by atoms with Crippen LogP contribution in [0.5, 0.6) is 0 Å². The standard InChI is InChI=1S/C14H28N2/c1-5-14(6-7-14)10-16-9-12(4)15-8-13(16)11(2)3/h11-13,15H,5-10H2,1-4H3. The Morgan fingerprint density at radius 2 is 2.06 bits per heavy atom. The van der Waals surface area contributed by atoms with Gasteiger partial charge in [-0.1, -0.05) is 20.8 Å². The Hall–Kier alpha value is -0.0800. The van der Waals surface area contributed by atoms with Gasteiger partial charge in [-0.3, -0.25) is 4.90 Å². The van der Waals surface area contributed by atoms with Crippen molar-refractivity contribution in [2.24, 2.45) is 11.3 Å². The van der Waals surface area contributed by atoms with E-state index in [9.17, 15) is 0 Å². The van der Waals surface area contributed by atoms with Crippen molar-refractivity contribution in [3.8, 4) is 0 Å². The van der Waals surface area contributed by atoms with Gasteiger partial charge in [-0.05, 0) is 37.5 Å². The first-order chi connectivity index (χ1) is 7.56. The lowest BCUT2D eigenvalue weighted by molar-refractivity contribution is 0.0793. The number of hydrogen-bond acceptors (Lipinski definition) is 2. The minimum Gasteiger partial charge on any atom is -0.311 e. The average molecular weight is 224 g/mol. The monoisotopic (exact) mass is 224 g/mol. The van der Waals surface area contributed by atoms with E-state index in [4.69, 9.17) is 0 Å². The molecule has 2 atom stereocenters. The van der Waals surface area contributed by atoms with Gasteiger partial charge < -0.3 is 5.32 Å². The molecule has 2 fully saturated rings. The van der Waals surface area contributed by atoms with Crippen LogP contribution in [0.3, 0.4) is 0 Å². The summed E-state index contributed by atoms with van der Waals surface area (Å²) >= 11 is 0. The fourth-order valence-electron chi connectivity index (χ4n) is 3.07. The molecular weight excluding hydrogens is 196 g/mol. The van der Waals surface area contributed by atoms with Crippen LogP contribution in [0.4, 0.5) is 0 Å². The molecule has 2 nitrogen and oxygen atoms in total. The van der Waals surface area contributed by atoms with E-state index in [2.05, 4.69) is 37.9 Å². The summed E-state index contributed by atoms with van der Waals surface area (Å²) in [5.41, 5.74) is 0.699. The molecule has 2 rings (SSSR count). The third kappa shape index (κ3) is 2.60. The highest BCUT2D eigenvalue weighted by atomic mass is 15.2. The molecule has 0 aromatic carbocycles. The summed E-state index contributed by atoms with van der Waals surface area (Å²) in [5, 5.41) is 3.63. The molecule has 94 valence electrons. The average Bonchev–Trinajstić information content (AvgIpc) is 2.98. The molecule has 0 spiro atoms. The molecule has 0 bridgehead atoms. The number of piperazine rings is 1. The molecule has 1 saturated carbocycles. The summed E-state index contributed by atoms with van der Waals surface area (Å²) in [4.78, 5) is 2.77. The molecule has 1 aliphatic carbocycles. The molecule has 1 heterocycles. The molecule has 0 amide bonds. The molecule has 2 unspecified atom stereocenters. The number of nitrogens with one attached hydrogen (secondary N) is 1. The predicted molar refractivity (Wildman–Crippen MR) is 69.6 cm³/mol. The van der Waals surface area contributed by atoms with Crippen molar-refractivity contribution in [3.63, 3.8) is 0 Å². The van der Waals surface area contributed by atoms with Gasteiger partial charge in [0.05, 0.1) is 0 Å². The Labute approximate surface area is 101 Å². The van der Waals surface area contributed by atoms with Crippen molar-refractivity contribution in [3.05, 3.63) is 0 Å². The van der Waals surface area contributed by atoms with Crippen LogP contribution >= 0.6 is 0 Å². The lowest BCUT2D eigenvalue weighted by Gasteiger charge is -2.43.